The van der Waals surface area contributed by atoms with Crippen LogP contribution in [0.5, 0.6) is 0 Å². The molecule has 0 aliphatic rings. The average Bonchev–Trinajstić information content (AvgIpc) is 2.70. The fourth-order valence-electron chi connectivity index (χ4n) is 1.86. The number of nitrogens with one attached hydrogen (secondary N) is 1. The van der Waals surface area contributed by atoms with Crippen molar-refractivity contribution < 1.29 is 9.90 Å². The van der Waals surface area contributed by atoms with Crippen molar-refractivity contribution in [2.45, 2.75) is 20.4 Å². The molecule has 0 aromatic carbocycles. The van der Waals surface area contributed by atoms with E-state index in [0.29, 0.717) is 23.8 Å². The molecule has 0 unspecified atom stereocenters. The number of carbonyl (C=O) groups is 1. The molecule has 19 heavy (non-hydrogen) atoms. The second-order valence-electron chi connectivity index (χ2n) is 4.32. The lowest BCUT2D eigenvalue weighted by molar-refractivity contribution is 0.0697. The number of carboxylic acids is 1. The summed E-state index contributed by atoms with van der Waals surface area (Å²) >= 11 is 0. The Labute approximate surface area is 110 Å². The van der Waals surface area contributed by atoms with Gasteiger partial charge < -0.3 is 15.0 Å². The number of nitrogens with zero attached hydrogens (tertiary/aromatic N) is 4. The zero-order valence-corrected chi connectivity index (χ0v) is 11.0. The number of rotatable bonds is 4. The Bertz CT molecular complexity index is 621. The van der Waals surface area contributed by atoms with Gasteiger partial charge in [-0.15, -0.1) is 10.2 Å². The van der Waals surface area contributed by atoms with Gasteiger partial charge in [0.25, 0.3) is 0 Å². The van der Waals surface area contributed by atoms with E-state index in [1.165, 1.54) is 0 Å². The summed E-state index contributed by atoms with van der Waals surface area (Å²) in [6.45, 7) is 3.95. The molecule has 0 aliphatic carbocycles. The number of carboxylic acid groups (broad SMARTS) is 1. The van der Waals surface area contributed by atoms with Crippen LogP contribution in [0.15, 0.2) is 12.4 Å². The molecular formula is C12H15N5O2. The van der Waals surface area contributed by atoms with E-state index in [0.717, 1.165) is 5.69 Å². The van der Waals surface area contributed by atoms with Crippen LogP contribution in [-0.4, -0.2) is 30.8 Å². The fourth-order valence-corrected chi connectivity index (χ4v) is 1.86. The van der Waals surface area contributed by atoms with Crippen LogP contribution in [-0.2, 0) is 13.6 Å². The van der Waals surface area contributed by atoms with Gasteiger partial charge >= 0.3 is 5.97 Å². The summed E-state index contributed by atoms with van der Waals surface area (Å²) in [6, 6.07) is 1.75. The molecule has 2 heterocycles. The van der Waals surface area contributed by atoms with E-state index in [2.05, 4.69) is 20.5 Å². The van der Waals surface area contributed by atoms with Crippen molar-refractivity contribution in [3.63, 3.8) is 0 Å². The summed E-state index contributed by atoms with van der Waals surface area (Å²) in [6.07, 6.45) is 1.59. The predicted octanol–water partition coefficient (Wildman–Crippen LogP) is 1.14. The molecule has 0 amide bonds. The van der Waals surface area contributed by atoms with Gasteiger partial charge in [-0.1, -0.05) is 0 Å². The first kappa shape index (κ1) is 13.0. The van der Waals surface area contributed by atoms with Crippen molar-refractivity contribution in [1.29, 1.82) is 0 Å². The van der Waals surface area contributed by atoms with Crippen LogP contribution in [0.3, 0.4) is 0 Å². The van der Waals surface area contributed by atoms with Crippen LogP contribution in [0.2, 0.25) is 0 Å². The Morgan fingerprint density at radius 2 is 2.21 bits per heavy atom. The quantitative estimate of drug-likeness (QED) is 0.857. The van der Waals surface area contributed by atoms with Crippen LogP contribution in [0.4, 0.5) is 5.82 Å². The van der Waals surface area contributed by atoms with Gasteiger partial charge in [0.15, 0.2) is 5.82 Å². The number of hydrogen-bond acceptors (Lipinski definition) is 5. The monoisotopic (exact) mass is 261 g/mol. The van der Waals surface area contributed by atoms with Crippen LogP contribution in [0, 0.1) is 13.8 Å². The molecule has 2 aromatic heterocycles. The highest BCUT2D eigenvalue weighted by atomic mass is 16.4. The normalized spacial score (nSPS) is 10.5. The maximum atomic E-state index is 11.3. The van der Waals surface area contributed by atoms with Gasteiger partial charge in [-0.2, -0.15) is 0 Å². The zero-order chi connectivity index (χ0) is 14.0. The number of aromatic carboxylic acids is 1. The molecule has 7 heteroatoms. The molecule has 7 nitrogen and oxygen atoms in total. The maximum Gasteiger partial charge on any atom is 0.339 e. The minimum atomic E-state index is -0.995. The third kappa shape index (κ3) is 2.70. The number of pyridine rings is 1. The Kier molecular flexibility index (Phi) is 3.46. The first-order chi connectivity index (χ1) is 8.99. The van der Waals surface area contributed by atoms with E-state index in [9.17, 15) is 9.90 Å². The average molecular weight is 261 g/mol. The van der Waals surface area contributed by atoms with E-state index in [-0.39, 0.29) is 5.56 Å². The Morgan fingerprint density at radius 1 is 1.47 bits per heavy atom. The van der Waals surface area contributed by atoms with E-state index < -0.39 is 5.97 Å². The van der Waals surface area contributed by atoms with Gasteiger partial charge in [0.05, 0.1) is 6.54 Å². The molecule has 0 bridgehead atoms. The molecule has 0 saturated heterocycles. The largest absolute Gasteiger partial charge is 0.478 e. The van der Waals surface area contributed by atoms with E-state index in [1.807, 2.05) is 14.0 Å². The van der Waals surface area contributed by atoms with E-state index in [1.54, 1.807) is 23.9 Å². The highest BCUT2D eigenvalue weighted by Crippen LogP contribution is 2.19. The molecule has 0 saturated carbocycles. The summed E-state index contributed by atoms with van der Waals surface area (Å²) in [4.78, 5) is 15.5. The highest BCUT2D eigenvalue weighted by Gasteiger charge is 2.16. The van der Waals surface area contributed by atoms with Crippen molar-refractivity contribution in [2.75, 3.05) is 5.32 Å². The number of hydrogen-bond donors (Lipinski definition) is 2. The Balaban J connectivity index is 2.29. The third-order valence-corrected chi connectivity index (χ3v) is 2.78. The third-order valence-electron chi connectivity index (χ3n) is 2.78. The number of aryl methyl sites for hydroxylation is 3. The number of anilines is 1. The van der Waals surface area contributed by atoms with Crippen molar-refractivity contribution >= 4 is 11.8 Å². The first-order valence-corrected chi connectivity index (χ1v) is 5.77. The number of aromatic nitrogens is 4. The van der Waals surface area contributed by atoms with Crippen molar-refractivity contribution in [3.8, 4) is 0 Å². The molecule has 2 aromatic rings. The molecule has 0 spiro atoms. The lowest BCUT2D eigenvalue weighted by atomic mass is 10.1. The Morgan fingerprint density at radius 3 is 2.79 bits per heavy atom. The van der Waals surface area contributed by atoms with Gasteiger partial charge in [-0.25, -0.2) is 9.78 Å². The lowest BCUT2D eigenvalue weighted by Gasteiger charge is -2.11. The highest BCUT2D eigenvalue weighted by molar-refractivity contribution is 5.94. The van der Waals surface area contributed by atoms with Gasteiger partial charge in [0, 0.05) is 12.7 Å². The molecule has 0 atom stereocenters. The standard InChI is InChI=1S/C12H15N5O2/c1-7-4-8(2)15-11(10(7)12(18)19)13-5-9-16-14-6-17(9)3/h4,6H,5H2,1-3H3,(H,13,15)(H,18,19). The predicted molar refractivity (Wildman–Crippen MR) is 69.0 cm³/mol. The van der Waals surface area contributed by atoms with Crippen LogP contribution < -0.4 is 5.32 Å². The lowest BCUT2D eigenvalue weighted by Crippen LogP contribution is -2.13. The topological polar surface area (TPSA) is 92.9 Å². The minimum absolute atomic E-state index is 0.188. The van der Waals surface area contributed by atoms with Gasteiger partial charge in [-0.05, 0) is 25.5 Å². The van der Waals surface area contributed by atoms with Crippen LogP contribution in [0.1, 0.15) is 27.4 Å². The molecule has 100 valence electrons. The Hall–Kier alpha value is -2.44. The van der Waals surface area contributed by atoms with Gasteiger partial charge in [0.2, 0.25) is 0 Å². The molecular weight excluding hydrogens is 246 g/mol. The van der Waals surface area contributed by atoms with Gasteiger partial charge in [0.1, 0.15) is 17.7 Å². The summed E-state index contributed by atoms with van der Waals surface area (Å²) in [7, 11) is 1.82. The van der Waals surface area contributed by atoms with Crippen molar-refractivity contribution in [1.82, 2.24) is 19.7 Å². The molecule has 2 N–H and O–H groups in total. The van der Waals surface area contributed by atoms with Crippen LogP contribution >= 0.6 is 0 Å². The zero-order valence-electron chi connectivity index (χ0n) is 11.0. The van der Waals surface area contributed by atoms with Gasteiger partial charge in [-0.3, -0.25) is 0 Å². The second kappa shape index (κ2) is 5.05. The van der Waals surface area contributed by atoms with E-state index >= 15 is 0 Å². The fraction of sp³-hybridized carbons (Fsp3) is 0.333. The summed E-state index contributed by atoms with van der Waals surface area (Å²) in [5.74, 6) is 0.0655. The molecule has 0 fully saturated rings. The van der Waals surface area contributed by atoms with Crippen molar-refractivity contribution in [2.24, 2.45) is 7.05 Å². The van der Waals surface area contributed by atoms with Crippen LogP contribution in [0.25, 0.3) is 0 Å². The molecule has 0 radical (unpaired) electrons. The molecule has 2 rings (SSSR count). The van der Waals surface area contributed by atoms with Crippen molar-refractivity contribution in [3.05, 3.63) is 35.0 Å². The SMILES string of the molecule is Cc1cc(C)c(C(=O)O)c(NCc2nncn2C)n1. The maximum absolute atomic E-state index is 11.3. The minimum Gasteiger partial charge on any atom is -0.478 e. The molecule has 0 aliphatic heterocycles. The second-order valence-corrected chi connectivity index (χ2v) is 4.32. The summed E-state index contributed by atoms with van der Waals surface area (Å²) in [5.41, 5.74) is 1.64. The summed E-state index contributed by atoms with van der Waals surface area (Å²) in [5, 5.41) is 19.9. The van der Waals surface area contributed by atoms with E-state index in [4.69, 9.17) is 0 Å². The first-order valence-electron chi connectivity index (χ1n) is 5.77. The smallest absolute Gasteiger partial charge is 0.339 e. The summed E-state index contributed by atoms with van der Waals surface area (Å²) < 4.78 is 1.76.